The molecule has 0 aliphatic carbocycles. The van der Waals surface area contributed by atoms with Crippen molar-refractivity contribution in [2.45, 2.75) is 19.4 Å². The number of aliphatic hydroxyl groups is 1. The molecule has 1 N–H and O–H groups in total. The monoisotopic (exact) mass is 338 g/mol. The zero-order chi connectivity index (χ0) is 14.5. The fourth-order valence-electron chi connectivity index (χ4n) is 2.00. The van der Waals surface area contributed by atoms with Crippen LogP contribution in [-0.2, 0) is 6.42 Å². The second kappa shape index (κ2) is 6.86. The van der Waals surface area contributed by atoms with Gasteiger partial charge in [0.25, 0.3) is 0 Å². The normalized spacial score (nSPS) is 12.2. The molecule has 0 aromatic heterocycles. The molecular weight excluding hydrogens is 323 g/mol. The minimum atomic E-state index is -0.677. The van der Waals surface area contributed by atoms with Crippen molar-refractivity contribution in [3.8, 4) is 5.75 Å². The van der Waals surface area contributed by atoms with Gasteiger partial charge in [-0.15, -0.1) is 0 Å². The van der Waals surface area contributed by atoms with Crippen LogP contribution in [0.5, 0.6) is 5.75 Å². The number of halogens is 2. The summed E-state index contributed by atoms with van der Waals surface area (Å²) in [4.78, 5) is 0. The topological polar surface area (TPSA) is 29.5 Å². The molecule has 106 valence electrons. The fraction of sp³-hybridized carbons (Fsp3) is 0.250. The first-order valence-electron chi connectivity index (χ1n) is 6.45. The third-order valence-electron chi connectivity index (χ3n) is 2.96. The van der Waals surface area contributed by atoms with Crippen LogP contribution in [0.2, 0.25) is 0 Å². The van der Waals surface area contributed by atoms with Crippen molar-refractivity contribution in [2.24, 2.45) is 0 Å². The molecule has 0 aliphatic rings. The maximum absolute atomic E-state index is 13.1. The highest BCUT2D eigenvalue weighted by Crippen LogP contribution is 2.29. The van der Waals surface area contributed by atoms with Gasteiger partial charge in [0.15, 0.2) is 0 Å². The van der Waals surface area contributed by atoms with E-state index in [-0.39, 0.29) is 5.82 Å². The Kier molecular flexibility index (Phi) is 5.15. The summed E-state index contributed by atoms with van der Waals surface area (Å²) in [5.41, 5.74) is 1.53. The predicted molar refractivity (Wildman–Crippen MR) is 80.4 cm³/mol. The quantitative estimate of drug-likeness (QED) is 0.882. The van der Waals surface area contributed by atoms with Gasteiger partial charge in [0, 0.05) is 6.42 Å². The van der Waals surface area contributed by atoms with Crippen LogP contribution in [0.25, 0.3) is 0 Å². The molecule has 0 radical (unpaired) electrons. The van der Waals surface area contributed by atoms with Gasteiger partial charge in [-0.05, 0) is 58.2 Å². The van der Waals surface area contributed by atoms with E-state index in [9.17, 15) is 9.50 Å². The third-order valence-corrected chi connectivity index (χ3v) is 3.58. The highest BCUT2D eigenvalue weighted by Gasteiger charge is 2.11. The zero-order valence-corrected chi connectivity index (χ0v) is 12.7. The Morgan fingerprint density at radius 2 is 2.05 bits per heavy atom. The molecule has 0 bridgehead atoms. The van der Waals surface area contributed by atoms with Gasteiger partial charge in [-0.25, -0.2) is 4.39 Å². The molecule has 1 atom stereocenters. The second-order valence-electron chi connectivity index (χ2n) is 4.47. The Morgan fingerprint density at radius 3 is 2.70 bits per heavy atom. The molecule has 0 saturated carbocycles. The Balaban J connectivity index is 2.13. The van der Waals surface area contributed by atoms with Crippen LogP contribution >= 0.6 is 15.9 Å². The second-order valence-corrected chi connectivity index (χ2v) is 5.33. The van der Waals surface area contributed by atoms with Crippen molar-refractivity contribution >= 4 is 15.9 Å². The Bertz CT molecular complexity index is 586. The van der Waals surface area contributed by atoms with E-state index < -0.39 is 6.10 Å². The first kappa shape index (κ1) is 15.0. The molecule has 0 aliphatic heterocycles. The van der Waals surface area contributed by atoms with Crippen LogP contribution < -0.4 is 4.74 Å². The zero-order valence-electron chi connectivity index (χ0n) is 11.1. The molecule has 0 spiro atoms. The van der Waals surface area contributed by atoms with Crippen molar-refractivity contribution in [2.75, 3.05) is 6.61 Å². The van der Waals surface area contributed by atoms with Crippen LogP contribution in [0.1, 0.15) is 24.2 Å². The maximum atomic E-state index is 13.1. The number of benzene rings is 2. The molecular formula is C16H16BrFO2. The first-order chi connectivity index (χ1) is 9.60. The number of ether oxygens (including phenoxy) is 1. The van der Waals surface area contributed by atoms with Crippen molar-refractivity contribution in [3.05, 3.63) is 63.9 Å². The summed E-state index contributed by atoms with van der Waals surface area (Å²) in [7, 11) is 0. The first-order valence-corrected chi connectivity index (χ1v) is 7.24. The Labute approximate surface area is 126 Å². The number of hydrogen-bond acceptors (Lipinski definition) is 2. The highest BCUT2D eigenvalue weighted by molar-refractivity contribution is 9.10. The number of hydrogen-bond donors (Lipinski definition) is 1. The molecule has 0 fully saturated rings. The van der Waals surface area contributed by atoms with Crippen LogP contribution in [0.3, 0.4) is 0 Å². The Hall–Kier alpha value is -1.39. The van der Waals surface area contributed by atoms with E-state index >= 15 is 0 Å². The SMILES string of the molecule is CCOc1ccc(C(O)Cc2cccc(F)c2)cc1Br. The summed E-state index contributed by atoms with van der Waals surface area (Å²) >= 11 is 3.42. The summed E-state index contributed by atoms with van der Waals surface area (Å²) < 4.78 is 19.3. The van der Waals surface area contributed by atoms with Gasteiger partial charge < -0.3 is 9.84 Å². The number of rotatable bonds is 5. The fourth-order valence-corrected chi connectivity index (χ4v) is 2.51. The van der Waals surface area contributed by atoms with E-state index in [1.54, 1.807) is 12.1 Å². The lowest BCUT2D eigenvalue weighted by Gasteiger charge is -2.13. The van der Waals surface area contributed by atoms with Gasteiger partial charge in [-0.2, -0.15) is 0 Å². The van der Waals surface area contributed by atoms with Gasteiger partial charge in [0.2, 0.25) is 0 Å². The lowest BCUT2D eigenvalue weighted by molar-refractivity contribution is 0.178. The lowest BCUT2D eigenvalue weighted by atomic mass is 10.0. The van der Waals surface area contributed by atoms with Crippen LogP contribution in [0.15, 0.2) is 46.9 Å². The molecule has 0 heterocycles. The summed E-state index contributed by atoms with van der Waals surface area (Å²) in [6.45, 7) is 2.50. The standard InChI is InChI=1S/C16H16BrFO2/c1-2-20-16-7-6-12(10-14(16)17)15(19)9-11-4-3-5-13(18)8-11/h3-8,10,15,19H,2,9H2,1H3. The molecule has 0 saturated heterocycles. The third kappa shape index (κ3) is 3.81. The summed E-state index contributed by atoms with van der Waals surface area (Å²) in [6, 6.07) is 11.7. The van der Waals surface area contributed by atoms with Crippen molar-refractivity contribution in [1.29, 1.82) is 0 Å². The average Bonchev–Trinajstić information content (AvgIpc) is 2.41. The van der Waals surface area contributed by atoms with Gasteiger partial charge in [0.1, 0.15) is 11.6 Å². The average molecular weight is 339 g/mol. The molecule has 0 amide bonds. The minimum Gasteiger partial charge on any atom is -0.493 e. The minimum absolute atomic E-state index is 0.289. The predicted octanol–water partition coefficient (Wildman–Crippen LogP) is 4.26. The van der Waals surface area contributed by atoms with Crippen LogP contribution in [-0.4, -0.2) is 11.7 Å². The Morgan fingerprint density at radius 1 is 1.25 bits per heavy atom. The van der Waals surface area contributed by atoms with Crippen molar-refractivity contribution in [1.82, 2.24) is 0 Å². The van der Waals surface area contributed by atoms with E-state index in [1.807, 2.05) is 25.1 Å². The van der Waals surface area contributed by atoms with Gasteiger partial charge in [0.05, 0.1) is 17.2 Å². The van der Waals surface area contributed by atoms with E-state index in [0.29, 0.717) is 13.0 Å². The van der Waals surface area contributed by atoms with Gasteiger partial charge in [-0.1, -0.05) is 18.2 Å². The van der Waals surface area contributed by atoms with E-state index in [2.05, 4.69) is 15.9 Å². The van der Waals surface area contributed by atoms with Crippen LogP contribution in [0, 0.1) is 5.82 Å². The largest absolute Gasteiger partial charge is 0.493 e. The van der Waals surface area contributed by atoms with Crippen molar-refractivity contribution in [3.63, 3.8) is 0 Å². The summed E-state index contributed by atoms with van der Waals surface area (Å²) in [6.07, 6.45) is -0.304. The molecule has 2 nitrogen and oxygen atoms in total. The number of aliphatic hydroxyl groups excluding tert-OH is 1. The van der Waals surface area contributed by atoms with E-state index in [1.165, 1.54) is 12.1 Å². The van der Waals surface area contributed by atoms with E-state index in [4.69, 9.17) is 4.74 Å². The maximum Gasteiger partial charge on any atom is 0.133 e. The van der Waals surface area contributed by atoms with Crippen molar-refractivity contribution < 1.29 is 14.2 Å². The smallest absolute Gasteiger partial charge is 0.133 e. The van der Waals surface area contributed by atoms with Gasteiger partial charge >= 0.3 is 0 Å². The summed E-state index contributed by atoms with van der Waals surface area (Å²) in [5.74, 6) is 0.455. The summed E-state index contributed by atoms with van der Waals surface area (Å²) in [5, 5.41) is 10.2. The molecule has 20 heavy (non-hydrogen) atoms. The lowest BCUT2D eigenvalue weighted by Crippen LogP contribution is -2.03. The molecule has 2 rings (SSSR count). The van der Waals surface area contributed by atoms with Crippen LogP contribution in [0.4, 0.5) is 4.39 Å². The molecule has 2 aromatic carbocycles. The molecule has 4 heteroatoms. The van der Waals surface area contributed by atoms with Gasteiger partial charge in [-0.3, -0.25) is 0 Å². The van der Waals surface area contributed by atoms with E-state index in [0.717, 1.165) is 21.3 Å². The molecule has 2 aromatic rings. The highest BCUT2D eigenvalue weighted by atomic mass is 79.9. The molecule has 1 unspecified atom stereocenters.